The van der Waals surface area contributed by atoms with Gasteiger partial charge in [-0.3, -0.25) is 4.79 Å². The van der Waals surface area contributed by atoms with E-state index in [1.165, 1.54) is 30.9 Å². The second-order valence-electron chi connectivity index (χ2n) is 7.34. The van der Waals surface area contributed by atoms with E-state index in [0.717, 1.165) is 15.9 Å². The van der Waals surface area contributed by atoms with E-state index in [2.05, 4.69) is 20.3 Å². The first-order valence-corrected chi connectivity index (χ1v) is 10.1. The number of aromatic nitrogens is 5. The molecule has 0 aliphatic carbocycles. The summed E-state index contributed by atoms with van der Waals surface area (Å²) in [6.45, 7) is 1.19. The van der Waals surface area contributed by atoms with Crippen LogP contribution in [-0.4, -0.2) is 61.7 Å². The van der Waals surface area contributed by atoms with Crippen LogP contribution in [0.15, 0.2) is 65.8 Å². The molecule has 1 amide bonds. The molecule has 0 saturated carbocycles. The maximum absolute atomic E-state index is 14.6. The number of halogens is 1. The lowest BCUT2D eigenvalue weighted by Gasteiger charge is -2.36. The van der Waals surface area contributed by atoms with Crippen LogP contribution in [0.5, 0.6) is 0 Å². The third-order valence-corrected chi connectivity index (χ3v) is 5.34. The highest BCUT2D eigenvalue weighted by Gasteiger charge is 2.31. The molecule has 1 aliphatic heterocycles. The van der Waals surface area contributed by atoms with Gasteiger partial charge in [-0.15, -0.1) is 4.80 Å². The Hall–Kier alpha value is -3.92. The summed E-state index contributed by atoms with van der Waals surface area (Å²) >= 11 is 0. The fraction of sp³-hybridized carbons (Fsp3) is 0.227. The lowest BCUT2D eigenvalue weighted by molar-refractivity contribution is -0.00167. The van der Waals surface area contributed by atoms with Crippen LogP contribution in [0.3, 0.4) is 0 Å². The van der Waals surface area contributed by atoms with Crippen LogP contribution in [0, 0.1) is 5.82 Å². The van der Waals surface area contributed by atoms with Crippen LogP contribution < -0.4 is 0 Å². The number of hydrogen-bond donors (Lipinski definition) is 0. The van der Waals surface area contributed by atoms with E-state index < -0.39 is 5.82 Å². The zero-order valence-corrected chi connectivity index (χ0v) is 17.0. The van der Waals surface area contributed by atoms with Gasteiger partial charge in [0.25, 0.3) is 5.91 Å². The predicted octanol–water partition coefficient (Wildman–Crippen LogP) is 2.54. The molecular weight excluding hydrogens is 415 g/mol. The van der Waals surface area contributed by atoms with Crippen molar-refractivity contribution in [2.45, 2.75) is 12.5 Å². The summed E-state index contributed by atoms with van der Waals surface area (Å²) in [5.41, 5.74) is 2.05. The van der Waals surface area contributed by atoms with Crippen molar-refractivity contribution in [3.8, 4) is 17.1 Å². The summed E-state index contributed by atoms with van der Waals surface area (Å²) in [6.07, 6.45) is 4.72. The second kappa shape index (κ2) is 8.67. The summed E-state index contributed by atoms with van der Waals surface area (Å²) in [7, 11) is 0. The monoisotopic (exact) mass is 434 g/mol. The van der Waals surface area contributed by atoms with Crippen LogP contribution in [0.25, 0.3) is 17.1 Å². The number of para-hydroxylation sites is 1. The summed E-state index contributed by atoms with van der Waals surface area (Å²) in [5.74, 6) is -0.361. The van der Waals surface area contributed by atoms with Crippen molar-refractivity contribution in [1.82, 2.24) is 30.0 Å². The first-order valence-electron chi connectivity index (χ1n) is 10.1. The molecule has 5 rings (SSSR count). The van der Waals surface area contributed by atoms with Gasteiger partial charge in [0.15, 0.2) is 5.82 Å². The number of amides is 1. The molecular formula is C22H19FN6O3. The Morgan fingerprint density at radius 3 is 2.81 bits per heavy atom. The molecule has 2 aromatic carbocycles. The molecule has 3 heterocycles. The van der Waals surface area contributed by atoms with Crippen molar-refractivity contribution < 1.29 is 18.4 Å². The van der Waals surface area contributed by atoms with Crippen molar-refractivity contribution in [1.29, 1.82) is 0 Å². The van der Waals surface area contributed by atoms with Crippen LogP contribution in [-0.2, 0) is 11.2 Å². The Balaban J connectivity index is 1.43. The fourth-order valence-electron chi connectivity index (χ4n) is 3.88. The summed E-state index contributed by atoms with van der Waals surface area (Å²) in [4.78, 5) is 20.5. The number of carbonyl (C=O) groups excluding carboxylic acids is 1. The Morgan fingerprint density at radius 2 is 2.00 bits per heavy atom. The Bertz CT molecular complexity index is 1210. The molecule has 32 heavy (non-hydrogen) atoms. The van der Waals surface area contributed by atoms with Crippen molar-refractivity contribution in [3.63, 3.8) is 0 Å². The molecule has 162 valence electrons. The quantitative estimate of drug-likeness (QED) is 0.476. The van der Waals surface area contributed by atoms with Gasteiger partial charge in [-0.05, 0) is 30.2 Å². The molecule has 0 bridgehead atoms. The van der Waals surface area contributed by atoms with Gasteiger partial charge >= 0.3 is 0 Å². The summed E-state index contributed by atoms with van der Waals surface area (Å²) < 4.78 is 25.1. The van der Waals surface area contributed by atoms with E-state index in [0.29, 0.717) is 32.0 Å². The Kier molecular flexibility index (Phi) is 5.42. The van der Waals surface area contributed by atoms with E-state index in [4.69, 9.17) is 9.26 Å². The molecule has 9 nitrogen and oxygen atoms in total. The normalized spacial score (nSPS) is 16.3. The van der Waals surface area contributed by atoms with Crippen molar-refractivity contribution in [2.24, 2.45) is 0 Å². The Labute approximate surface area is 182 Å². The minimum Gasteiger partial charge on any atom is -0.377 e. The zero-order chi connectivity index (χ0) is 21.9. The molecule has 0 spiro atoms. The highest BCUT2D eigenvalue weighted by atomic mass is 19.1. The molecule has 2 aromatic heterocycles. The van der Waals surface area contributed by atoms with Crippen LogP contribution >= 0.6 is 0 Å². The molecule has 1 saturated heterocycles. The van der Waals surface area contributed by atoms with E-state index in [9.17, 15) is 9.18 Å². The topological polar surface area (TPSA) is 99.2 Å². The maximum Gasteiger partial charge on any atom is 0.256 e. The molecule has 1 unspecified atom stereocenters. The molecule has 0 radical (unpaired) electrons. The van der Waals surface area contributed by atoms with Gasteiger partial charge in [0.05, 0.1) is 37.2 Å². The zero-order valence-electron chi connectivity index (χ0n) is 17.0. The number of hydrogen-bond acceptors (Lipinski definition) is 7. The lowest BCUT2D eigenvalue weighted by atomic mass is 10.0. The average Bonchev–Trinajstić information content (AvgIpc) is 3.54. The molecule has 1 aliphatic rings. The minimum absolute atomic E-state index is 0.0341. The van der Waals surface area contributed by atoms with E-state index >= 15 is 0 Å². The van der Waals surface area contributed by atoms with Crippen LogP contribution in [0.2, 0.25) is 0 Å². The molecule has 1 atom stereocenters. The number of ether oxygens (including phenoxy) is 1. The highest BCUT2D eigenvalue weighted by Crippen LogP contribution is 2.24. The first kappa shape index (κ1) is 20.0. The SMILES string of the molecule is O=C(c1cccc(F)c1-n1nccn1)N1CCOCC1Cc1cccc(-c2ncon2)c1. The van der Waals surface area contributed by atoms with E-state index in [-0.39, 0.29) is 23.2 Å². The van der Waals surface area contributed by atoms with Gasteiger partial charge in [0.1, 0.15) is 5.69 Å². The lowest BCUT2D eigenvalue weighted by Crippen LogP contribution is -2.50. The maximum atomic E-state index is 14.6. The van der Waals surface area contributed by atoms with Gasteiger partial charge in [-0.2, -0.15) is 15.2 Å². The highest BCUT2D eigenvalue weighted by molar-refractivity contribution is 5.98. The van der Waals surface area contributed by atoms with E-state index in [1.807, 2.05) is 24.3 Å². The average molecular weight is 434 g/mol. The summed E-state index contributed by atoms with van der Waals surface area (Å²) in [5, 5.41) is 11.9. The number of rotatable bonds is 5. The number of morpholine rings is 1. The number of carbonyl (C=O) groups is 1. The minimum atomic E-state index is -0.565. The van der Waals surface area contributed by atoms with Gasteiger partial charge in [0, 0.05) is 12.1 Å². The third-order valence-electron chi connectivity index (χ3n) is 5.34. The Morgan fingerprint density at radius 1 is 1.16 bits per heavy atom. The van der Waals surface area contributed by atoms with Gasteiger partial charge in [-0.25, -0.2) is 4.39 Å². The van der Waals surface area contributed by atoms with Gasteiger partial charge < -0.3 is 14.2 Å². The van der Waals surface area contributed by atoms with Crippen molar-refractivity contribution in [3.05, 3.63) is 78.2 Å². The third kappa shape index (κ3) is 3.87. The second-order valence-corrected chi connectivity index (χ2v) is 7.34. The number of benzene rings is 2. The standard InChI is InChI=1S/C22H19FN6O3/c23-19-6-2-5-18(20(19)29-25-7-8-26-29)22(30)28-9-10-31-13-17(28)12-15-3-1-4-16(11-15)21-24-14-32-27-21/h1-8,11,14,17H,9-10,12-13H2. The molecule has 1 fully saturated rings. The van der Waals surface area contributed by atoms with Gasteiger partial charge in [-0.1, -0.05) is 29.4 Å². The largest absolute Gasteiger partial charge is 0.377 e. The van der Waals surface area contributed by atoms with Crippen molar-refractivity contribution >= 4 is 5.91 Å². The summed E-state index contributed by atoms with van der Waals surface area (Å²) in [6, 6.07) is 11.9. The fourth-order valence-corrected chi connectivity index (χ4v) is 3.88. The first-order chi connectivity index (χ1) is 15.7. The van der Waals surface area contributed by atoms with Crippen LogP contribution in [0.4, 0.5) is 4.39 Å². The predicted molar refractivity (Wildman–Crippen MR) is 110 cm³/mol. The molecule has 4 aromatic rings. The van der Waals surface area contributed by atoms with Gasteiger partial charge in [0.2, 0.25) is 12.2 Å². The van der Waals surface area contributed by atoms with E-state index in [1.54, 1.807) is 11.0 Å². The number of nitrogens with zero attached hydrogens (tertiary/aromatic N) is 6. The van der Waals surface area contributed by atoms with Crippen LogP contribution in [0.1, 0.15) is 15.9 Å². The van der Waals surface area contributed by atoms with Crippen molar-refractivity contribution in [2.75, 3.05) is 19.8 Å². The smallest absolute Gasteiger partial charge is 0.256 e. The molecule has 10 heteroatoms. The molecule has 0 N–H and O–H groups in total.